The zero-order chi connectivity index (χ0) is 26.1. The number of halogens is 1. The van der Waals surface area contributed by atoms with E-state index in [1.54, 1.807) is 13.8 Å². The largest absolute Gasteiger partial charge is 0.478 e. The second-order valence-corrected chi connectivity index (χ2v) is 8.12. The van der Waals surface area contributed by atoms with E-state index in [0.717, 1.165) is 6.07 Å². The Kier molecular flexibility index (Phi) is 6.41. The molecule has 1 aliphatic heterocycles. The number of aromatic amines is 1. The number of anilines is 2. The summed E-state index contributed by atoms with van der Waals surface area (Å²) in [5.41, 5.74) is 2.40. The molecule has 2 aromatic carbocycles. The highest BCUT2D eigenvalue weighted by Gasteiger charge is 2.28. The number of rotatable bonds is 5. The monoisotopic (exact) mass is 492 g/mol. The average Bonchev–Trinajstić information content (AvgIpc) is 3.28. The number of carboxylic acid groups (broad SMARTS) is 1. The maximum Gasteiger partial charge on any atom is 0.337 e. The van der Waals surface area contributed by atoms with E-state index < -0.39 is 29.6 Å². The van der Waals surface area contributed by atoms with E-state index in [-0.39, 0.29) is 40.2 Å². The highest BCUT2D eigenvalue weighted by molar-refractivity contribution is 6.35. The summed E-state index contributed by atoms with van der Waals surface area (Å²) in [5, 5.41) is 25.4. The zero-order valence-electron chi connectivity index (χ0n) is 19.2. The molecule has 36 heavy (non-hydrogen) atoms. The number of H-pyrrole nitrogens is 1. The van der Waals surface area contributed by atoms with Gasteiger partial charge in [0.25, 0.3) is 11.8 Å². The Morgan fingerprint density at radius 2 is 1.81 bits per heavy atom. The first kappa shape index (κ1) is 24.4. The smallest absolute Gasteiger partial charge is 0.337 e. The Morgan fingerprint density at radius 1 is 1.11 bits per heavy atom. The van der Waals surface area contributed by atoms with Gasteiger partial charge in [0, 0.05) is 22.5 Å². The Bertz CT molecular complexity index is 1460. The quantitative estimate of drug-likeness (QED) is 0.299. The lowest BCUT2D eigenvalue weighted by molar-refractivity contribution is -0.110. The molecule has 4 rings (SSSR count). The van der Waals surface area contributed by atoms with Gasteiger partial charge in [-0.1, -0.05) is 12.1 Å². The Morgan fingerprint density at radius 3 is 2.42 bits per heavy atom. The number of aromatic carboxylic acids is 1. The van der Waals surface area contributed by atoms with Crippen LogP contribution in [-0.4, -0.2) is 39.0 Å². The summed E-state index contributed by atoms with van der Waals surface area (Å²) in [6, 6.07) is 7.22. The lowest BCUT2D eigenvalue weighted by atomic mass is 10.0. The number of aliphatic hydroxyl groups excluding tert-OH is 1. The highest BCUT2D eigenvalue weighted by Crippen LogP contribution is 2.37. The number of aryl methyl sites for hydroxylation is 1. The molecule has 11 heteroatoms. The molecule has 0 spiro atoms. The molecule has 0 unspecified atom stereocenters. The van der Waals surface area contributed by atoms with Gasteiger partial charge < -0.3 is 25.8 Å². The SMILES string of the molecule is Cc1[nH]c(/C=C2\C(=O)Nc3cc(NC(=O)NC(=O)c4ccc(CO)cc4)c(F)cc32)c(C)c1C(=O)O. The fraction of sp³-hybridized carbons (Fsp3) is 0.120. The molecule has 0 saturated heterocycles. The van der Waals surface area contributed by atoms with E-state index in [4.69, 9.17) is 5.11 Å². The van der Waals surface area contributed by atoms with E-state index in [0.29, 0.717) is 22.5 Å². The minimum absolute atomic E-state index is 0.0936. The number of imide groups is 1. The zero-order valence-corrected chi connectivity index (χ0v) is 19.2. The third-order valence-corrected chi connectivity index (χ3v) is 5.74. The molecule has 1 aliphatic rings. The predicted octanol–water partition coefficient (Wildman–Crippen LogP) is 3.42. The van der Waals surface area contributed by atoms with E-state index in [2.05, 4.69) is 20.9 Å². The molecule has 0 saturated carbocycles. The van der Waals surface area contributed by atoms with Crippen molar-refractivity contribution in [2.75, 3.05) is 10.6 Å². The number of aromatic nitrogens is 1. The number of carbonyl (C=O) groups is 4. The molecule has 3 aromatic rings. The van der Waals surface area contributed by atoms with Gasteiger partial charge in [0.1, 0.15) is 5.82 Å². The van der Waals surface area contributed by atoms with Gasteiger partial charge in [0.15, 0.2) is 0 Å². The number of carboxylic acids is 1. The van der Waals surface area contributed by atoms with Crippen LogP contribution < -0.4 is 16.0 Å². The molecule has 1 aromatic heterocycles. The second-order valence-electron chi connectivity index (χ2n) is 8.12. The van der Waals surface area contributed by atoms with Crippen molar-refractivity contribution in [1.82, 2.24) is 10.3 Å². The van der Waals surface area contributed by atoms with Gasteiger partial charge in [-0.05, 0) is 55.3 Å². The van der Waals surface area contributed by atoms with Crippen LogP contribution in [0.15, 0.2) is 36.4 Å². The third kappa shape index (κ3) is 4.59. The van der Waals surface area contributed by atoms with E-state index in [1.807, 2.05) is 0 Å². The van der Waals surface area contributed by atoms with Crippen molar-refractivity contribution in [2.45, 2.75) is 20.5 Å². The Labute approximate surface area is 203 Å². The van der Waals surface area contributed by atoms with Gasteiger partial charge in [0.05, 0.1) is 29.1 Å². The summed E-state index contributed by atoms with van der Waals surface area (Å²) in [6.07, 6.45) is 1.44. The normalized spacial score (nSPS) is 13.3. The minimum Gasteiger partial charge on any atom is -0.478 e. The van der Waals surface area contributed by atoms with Crippen LogP contribution in [0, 0.1) is 19.7 Å². The molecular weight excluding hydrogens is 471 g/mol. The van der Waals surface area contributed by atoms with Crippen molar-refractivity contribution in [2.24, 2.45) is 0 Å². The first-order valence-corrected chi connectivity index (χ1v) is 10.7. The number of aliphatic hydroxyl groups is 1. The summed E-state index contributed by atoms with van der Waals surface area (Å²) in [6.45, 7) is 3.00. The molecular formula is C25H21FN4O6. The topological polar surface area (TPSA) is 161 Å². The third-order valence-electron chi connectivity index (χ3n) is 5.74. The number of urea groups is 1. The molecule has 0 atom stereocenters. The molecule has 0 aliphatic carbocycles. The molecule has 2 heterocycles. The molecule has 6 N–H and O–H groups in total. The summed E-state index contributed by atoms with van der Waals surface area (Å²) < 4.78 is 14.8. The van der Waals surface area contributed by atoms with Gasteiger partial charge in [0.2, 0.25) is 0 Å². The predicted molar refractivity (Wildman–Crippen MR) is 129 cm³/mol. The van der Waals surface area contributed by atoms with Gasteiger partial charge in [-0.3, -0.25) is 14.9 Å². The fourth-order valence-electron chi connectivity index (χ4n) is 3.92. The van der Waals surface area contributed by atoms with Gasteiger partial charge >= 0.3 is 12.0 Å². The minimum atomic E-state index is -1.11. The molecule has 10 nitrogen and oxygen atoms in total. The maximum atomic E-state index is 14.8. The van der Waals surface area contributed by atoms with Crippen molar-refractivity contribution in [3.8, 4) is 0 Å². The highest BCUT2D eigenvalue weighted by atomic mass is 19.1. The van der Waals surface area contributed by atoms with Crippen LogP contribution in [0.4, 0.5) is 20.6 Å². The number of nitrogens with one attached hydrogen (secondary N) is 4. The molecule has 0 fully saturated rings. The van der Waals surface area contributed by atoms with Crippen LogP contribution in [0.3, 0.4) is 0 Å². The van der Waals surface area contributed by atoms with Crippen molar-refractivity contribution in [3.63, 3.8) is 0 Å². The lowest BCUT2D eigenvalue weighted by Crippen LogP contribution is -2.34. The first-order valence-electron chi connectivity index (χ1n) is 10.7. The van der Waals surface area contributed by atoms with Gasteiger partial charge in [-0.25, -0.2) is 14.0 Å². The summed E-state index contributed by atoms with van der Waals surface area (Å²) in [5.74, 6) is -3.22. The van der Waals surface area contributed by atoms with E-state index in [9.17, 15) is 28.7 Å². The fourth-order valence-corrected chi connectivity index (χ4v) is 3.92. The van der Waals surface area contributed by atoms with Crippen molar-refractivity contribution < 1.29 is 33.8 Å². The van der Waals surface area contributed by atoms with E-state index in [1.165, 1.54) is 36.4 Å². The first-order chi connectivity index (χ1) is 17.1. The second kappa shape index (κ2) is 9.47. The van der Waals surface area contributed by atoms with Crippen LogP contribution in [0.25, 0.3) is 11.6 Å². The molecule has 184 valence electrons. The number of amides is 4. The number of benzene rings is 2. The number of hydrogen-bond donors (Lipinski definition) is 6. The molecule has 0 radical (unpaired) electrons. The lowest BCUT2D eigenvalue weighted by Gasteiger charge is -2.10. The molecule has 4 amide bonds. The van der Waals surface area contributed by atoms with Crippen LogP contribution in [0.1, 0.15) is 48.8 Å². The van der Waals surface area contributed by atoms with Crippen LogP contribution in [0.5, 0.6) is 0 Å². The summed E-state index contributed by atoms with van der Waals surface area (Å²) >= 11 is 0. The Balaban J connectivity index is 1.55. The number of carbonyl (C=O) groups excluding carboxylic acids is 3. The van der Waals surface area contributed by atoms with Crippen molar-refractivity contribution in [3.05, 3.63) is 81.4 Å². The average molecular weight is 492 g/mol. The van der Waals surface area contributed by atoms with E-state index >= 15 is 0 Å². The van der Waals surface area contributed by atoms with Crippen LogP contribution in [-0.2, 0) is 11.4 Å². The van der Waals surface area contributed by atoms with Crippen molar-refractivity contribution in [1.29, 1.82) is 0 Å². The maximum absolute atomic E-state index is 14.8. The molecule has 0 bridgehead atoms. The standard InChI is InChI=1S/C25H21FN4O6/c1-11-18(27-12(2)21(11)24(34)35)8-16-15-7-17(26)20(9-19(15)28-23(16)33)29-25(36)30-22(32)14-5-3-13(10-31)4-6-14/h3-9,27,31H,10H2,1-2H3,(H,28,33)(H,34,35)(H2,29,30,32,36)/b16-8-. The van der Waals surface area contributed by atoms with Crippen molar-refractivity contribution >= 4 is 46.8 Å². The van der Waals surface area contributed by atoms with Crippen LogP contribution in [0.2, 0.25) is 0 Å². The summed E-state index contributed by atoms with van der Waals surface area (Å²) in [4.78, 5) is 51.5. The Hall–Kier alpha value is -4.77. The van der Waals surface area contributed by atoms with Crippen LogP contribution >= 0.6 is 0 Å². The van der Waals surface area contributed by atoms with Gasteiger partial charge in [-0.2, -0.15) is 0 Å². The number of fused-ring (bicyclic) bond motifs is 1. The number of hydrogen-bond acceptors (Lipinski definition) is 5. The summed E-state index contributed by atoms with van der Waals surface area (Å²) in [7, 11) is 0. The van der Waals surface area contributed by atoms with Gasteiger partial charge in [-0.15, -0.1) is 0 Å².